The third-order valence-electron chi connectivity index (χ3n) is 11.6. The average Bonchev–Trinajstić information content (AvgIpc) is 3.77. The topological polar surface area (TPSA) is 38.9 Å². The smallest absolute Gasteiger partial charge is 0.161 e. The van der Waals surface area contributed by atoms with Gasteiger partial charge in [0, 0.05) is 32.9 Å². The maximum atomic E-state index is 6.22. The van der Waals surface area contributed by atoms with Crippen molar-refractivity contribution in [3.05, 3.63) is 205 Å². The molecule has 3 heteroatoms. The Morgan fingerprint density at radius 3 is 1.89 bits per heavy atom. The summed E-state index contributed by atoms with van der Waals surface area (Å²) in [6.07, 6.45) is 0. The zero-order valence-corrected chi connectivity index (χ0v) is 30.2. The van der Waals surface area contributed by atoms with E-state index < -0.39 is 0 Å². The molecule has 8 aromatic carbocycles. The summed E-state index contributed by atoms with van der Waals surface area (Å²) in [4.78, 5) is 10.6. The summed E-state index contributed by atoms with van der Waals surface area (Å²) >= 11 is 0. The van der Waals surface area contributed by atoms with E-state index in [1.807, 2.05) is 18.2 Å². The van der Waals surface area contributed by atoms with Crippen LogP contribution >= 0.6 is 0 Å². The minimum Gasteiger partial charge on any atom is -0.456 e. The number of nitrogens with zero attached hydrogens (tertiary/aromatic N) is 2. The zero-order valence-electron chi connectivity index (χ0n) is 30.2. The Kier molecular flexibility index (Phi) is 6.99. The van der Waals surface area contributed by atoms with Gasteiger partial charge in [0.15, 0.2) is 5.82 Å². The fourth-order valence-corrected chi connectivity index (χ4v) is 8.85. The van der Waals surface area contributed by atoms with Crippen molar-refractivity contribution in [3.63, 3.8) is 0 Å². The van der Waals surface area contributed by atoms with Gasteiger partial charge in [0.05, 0.1) is 11.4 Å². The lowest BCUT2D eigenvalue weighted by atomic mass is 9.74. The van der Waals surface area contributed by atoms with Crippen LogP contribution in [-0.2, 0) is 5.41 Å². The SMILES string of the molecule is CC1(c2ccccc2)c2ccccc2-c2ccc(-c3cc(-c4ccc(-c5cccc6oc7ccccc7c56)cc4)nc(-c4cccc5ccccc45)n3)cc21. The lowest BCUT2D eigenvalue weighted by Crippen LogP contribution is -2.22. The van der Waals surface area contributed by atoms with E-state index in [1.54, 1.807) is 0 Å². The molecule has 0 fully saturated rings. The Morgan fingerprint density at radius 1 is 0.418 bits per heavy atom. The molecular weight excluding hydrogens is 669 g/mol. The van der Waals surface area contributed by atoms with E-state index in [9.17, 15) is 0 Å². The van der Waals surface area contributed by atoms with E-state index in [1.165, 1.54) is 27.8 Å². The highest BCUT2D eigenvalue weighted by Crippen LogP contribution is 2.53. The first kappa shape index (κ1) is 31.4. The minimum absolute atomic E-state index is 0.309. The van der Waals surface area contributed by atoms with Gasteiger partial charge < -0.3 is 4.42 Å². The van der Waals surface area contributed by atoms with Crippen LogP contribution in [0.4, 0.5) is 0 Å². The molecule has 1 unspecified atom stereocenters. The molecule has 0 aliphatic heterocycles. The van der Waals surface area contributed by atoms with Crippen molar-refractivity contribution in [3.8, 4) is 56.2 Å². The maximum Gasteiger partial charge on any atom is 0.161 e. The lowest BCUT2D eigenvalue weighted by molar-refractivity contribution is 0.669. The molecule has 1 aliphatic rings. The molecule has 0 amide bonds. The quantitative estimate of drug-likeness (QED) is 0.179. The van der Waals surface area contributed by atoms with E-state index in [0.717, 1.165) is 71.9 Å². The predicted octanol–water partition coefficient (Wildman–Crippen LogP) is 13.5. The highest BCUT2D eigenvalue weighted by molar-refractivity contribution is 6.12. The molecule has 1 atom stereocenters. The van der Waals surface area contributed by atoms with Gasteiger partial charge in [-0.3, -0.25) is 0 Å². The molecule has 10 aromatic rings. The standard InChI is InChI=1S/C52H34N2O/c1-52(37-15-3-2-4-16-37)44-22-9-7-18-40(44)41-30-29-36(31-45(41)52)47-32-46(53-51(54-47)42-21-11-14-33-13-5-6-17-38(33)42)35-27-25-34(26-28-35)39-20-12-24-49-50(39)43-19-8-10-23-48(43)55-49/h2-32H,1H3. The van der Waals surface area contributed by atoms with Gasteiger partial charge >= 0.3 is 0 Å². The van der Waals surface area contributed by atoms with Crippen LogP contribution in [0.5, 0.6) is 0 Å². The third kappa shape index (κ3) is 4.90. The van der Waals surface area contributed by atoms with Crippen molar-refractivity contribution < 1.29 is 4.42 Å². The highest BCUT2D eigenvalue weighted by Gasteiger charge is 2.40. The Bertz CT molecular complexity index is 3100. The summed E-state index contributed by atoms with van der Waals surface area (Å²) in [6, 6.07) is 66.9. The molecule has 11 rings (SSSR count). The number of rotatable bonds is 5. The molecule has 55 heavy (non-hydrogen) atoms. The van der Waals surface area contributed by atoms with Crippen molar-refractivity contribution in [2.45, 2.75) is 12.3 Å². The summed E-state index contributed by atoms with van der Waals surface area (Å²) in [7, 11) is 0. The largest absolute Gasteiger partial charge is 0.456 e. The number of aromatic nitrogens is 2. The van der Waals surface area contributed by atoms with Crippen LogP contribution in [-0.4, -0.2) is 9.97 Å². The van der Waals surface area contributed by atoms with Gasteiger partial charge in [-0.2, -0.15) is 0 Å². The Morgan fingerprint density at radius 2 is 1.02 bits per heavy atom. The number of hydrogen-bond donors (Lipinski definition) is 0. The Labute approximate surface area is 319 Å². The van der Waals surface area contributed by atoms with Crippen LogP contribution < -0.4 is 0 Å². The van der Waals surface area contributed by atoms with Crippen LogP contribution in [0.1, 0.15) is 23.6 Å². The molecule has 0 radical (unpaired) electrons. The van der Waals surface area contributed by atoms with Crippen molar-refractivity contribution in [2.75, 3.05) is 0 Å². The van der Waals surface area contributed by atoms with Crippen molar-refractivity contribution in [2.24, 2.45) is 0 Å². The van der Waals surface area contributed by atoms with Gasteiger partial charge in [0.1, 0.15) is 11.2 Å². The molecule has 2 aromatic heterocycles. The van der Waals surface area contributed by atoms with Gasteiger partial charge in [-0.15, -0.1) is 0 Å². The fourth-order valence-electron chi connectivity index (χ4n) is 8.85. The van der Waals surface area contributed by atoms with E-state index in [2.05, 4.69) is 177 Å². The third-order valence-corrected chi connectivity index (χ3v) is 11.6. The summed E-state index contributed by atoms with van der Waals surface area (Å²) in [5.41, 5.74) is 15.1. The molecular formula is C52H34N2O. The molecule has 1 aliphatic carbocycles. The second kappa shape index (κ2) is 12.2. The van der Waals surface area contributed by atoms with E-state index in [0.29, 0.717) is 5.82 Å². The second-order valence-electron chi connectivity index (χ2n) is 14.6. The van der Waals surface area contributed by atoms with Crippen LogP contribution in [0.2, 0.25) is 0 Å². The van der Waals surface area contributed by atoms with Gasteiger partial charge in [0.25, 0.3) is 0 Å². The molecule has 0 bridgehead atoms. The average molecular weight is 703 g/mol. The minimum atomic E-state index is -0.309. The molecule has 0 N–H and O–H groups in total. The summed E-state index contributed by atoms with van der Waals surface area (Å²) in [5.74, 6) is 0.706. The maximum absolute atomic E-state index is 6.22. The van der Waals surface area contributed by atoms with Gasteiger partial charge in [-0.25, -0.2) is 9.97 Å². The lowest BCUT2D eigenvalue weighted by Gasteiger charge is -2.28. The Hall–Kier alpha value is -7.10. The van der Waals surface area contributed by atoms with Crippen molar-refractivity contribution in [1.82, 2.24) is 9.97 Å². The van der Waals surface area contributed by atoms with Crippen LogP contribution in [0, 0.1) is 0 Å². The van der Waals surface area contributed by atoms with Crippen LogP contribution in [0.3, 0.4) is 0 Å². The van der Waals surface area contributed by atoms with E-state index in [4.69, 9.17) is 14.4 Å². The molecule has 3 nitrogen and oxygen atoms in total. The second-order valence-corrected chi connectivity index (χ2v) is 14.6. The predicted molar refractivity (Wildman–Crippen MR) is 226 cm³/mol. The molecule has 258 valence electrons. The van der Waals surface area contributed by atoms with Crippen LogP contribution in [0.25, 0.3) is 88.9 Å². The summed E-state index contributed by atoms with van der Waals surface area (Å²) in [5, 5.41) is 4.55. The number of fused-ring (bicyclic) bond motifs is 7. The van der Waals surface area contributed by atoms with Gasteiger partial charge in [0.2, 0.25) is 0 Å². The first-order chi connectivity index (χ1) is 27.1. The number of hydrogen-bond acceptors (Lipinski definition) is 3. The van der Waals surface area contributed by atoms with Crippen molar-refractivity contribution >= 4 is 32.7 Å². The molecule has 0 saturated heterocycles. The summed E-state index contributed by atoms with van der Waals surface area (Å²) in [6.45, 7) is 2.36. The number of benzene rings is 8. The zero-order chi connectivity index (χ0) is 36.5. The fraction of sp³-hybridized carbons (Fsp3) is 0.0385. The van der Waals surface area contributed by atoms with Gasteiger partial charge in [-0.1, -0.05) is 164 Å². The van der Waals surface area contributed by atoms with Crippen LogP contribution in [0.15, 0.2) is 192 Å². The highest BCUT2D eigenvalue weighted by atomic mass is 16.3. The van der Waals surface area contributed by atoms with E-state index >= 15 is 0 Å². The number of furan rings is 1. The molecule has 0 saturated carbocycles. The first-order valence-corrected chi connectivity index (χ1v) is 18.8. The van der Waals surface area contributed by atoms with Crippen molar-refractivity contribution in [1.29, 1.82) is 0 Å². The summed E-state index contributed by atoms with van der Waals surface area (Å²) < 4.78 is 6.22. The first-order valence-electron chi connectivity index (χ1n) is 18.8. The number of para-hydroxylation sites is 1. The normalized spacial score (nSPS) is 14.7. The molecule has 2 heterocycles. The monoisotopic (exact) mass is 702 g/mol. The van der Waals surface area contributed by atoms with E-state index in [-0.39, 0.29) is 5.41 Å². The Balaban J connectivity index is 1.08. The van der Waals surface area contributed by atoms with Gasteiger partial charge in [-0.05, 0) is 80.9 Å². The molecule has 0 spiro atoms.